The first-order chi connectivity index (χ1) is 20.1. The van der Waals surface area contributed by atoms with E-state index in [4.69, 9.17) is 25.5 Å². The number of aliphatic carboxylic acids is 5. The average Bonchev–Trinajstić information content (AvgIpc) is 2.89. The zero-order valence-corrected chi connectivity index (χ0v) is 25.4. The molecule has 252 valence electrons. The van der Waals surface area contributed by atoms with Gasteiger partial charge in [-0.1, -0.05) is 34.6 Å². The van der Waals surface area contributed by atoms with Gasteiger partial charge in [-0.2, -0.15) is 0 Å². The maximum Gasteiger partial charge on any atom is 0.322 e. The van der Waals surface area contributed by atoms with E-state index in [1.54, 1.807) is 34.6 Å². The maximum absolute atomic E-state index is 12.5. The number of carbonyl (C=O) groups excluding carboxylic acids is 4. The van der Waals surface area contributed by atoms with Gasteiger partial charge in [0.05, 0.1) is 6.54 Å². The van der Waals surface area contributed by atoms with Gasteiger partial charge in [-0.15, -0.1) is 0 Å². The standard InChI is InChI=1S/C20H32N4O10.2C3H6O2/c1-20(2,3)8-13(25)23-11(4-6-15(27)28)18(33)21-9-14(26)24-12(5-7-16(29)30)19(34)22-10-17(31)32;2*1-2-3(4)5/h11-12H,4-10H2,1-3H3,(H,21,33)(H,22,34)(H,23,25)(H,24,26)(H,27,28)(H,29,30)(H,31,32);2*2H2,1H3,(H,4,5). The van der Waals surface area contributed by atoms with E-state index < -0.39 is 91.5 Å². The fourth-order valence-electron chi connectivity index (χ4n) is 2.62. The number of carbonyl (C=O) groups is 9. The Balaban J connectivity index is -0.00000144. The number of hydrogen-bond donors (Lipinski definition) is 9. The first kappa shape index (κ1) is 43.7. The molecule has 2 atom stereocenters. The first-order valence-electron chi connectivity index (χ1n) is 13.4. The van der Waals surface area contributed by atoms with Crippen LogP contribution in [-0.4, -0.2) is 104 Å². The summed E-state index contributed by atoms with van der Waals surface area (Å²) >= 11 is 0. The van der Waals surface area contributed by atoms with Crippen LogP contribution >= 0.6 is 0 Å². The third-order valence-corrected chi connectivity index (χ3v) is 4.73. The van der Waals surface area contributed by atoms with Gasteiger partial charge in [0.2, 0.25) is 23.6 Å². The molecule has 0 aliphatic carbocycles. The Morgan fingerprint density at radius 2 is 0.886 bits per heavy atom. The smallest absolute Gasteiger partial charge is 0.322 e. The van der Waals surface area contributed by atoms with E-state index >= 15 is 0 Å². The topological polar surface area (TPSA) is 303 Å². The van der Waals surface area contributed by atoms with E-state index in [-0.39, 0.29) is 37.5 Å². The van der Waals surface area contributed by atoms with Crippen LogP contribution in [0.4, 0.5) is 0 Å². The molecule has 18 nitrogen and oxygen atoms in total. The van der Waals surface area contributed by atoms with Crippen LogP contribution in [0.2, 0.25) is 0 Å². The summed E-state index contributed by atoms with van der Waals surface area (Å²) in [7, 11) is 0. The maximum atomic E-state index is 12.5. The molecule has 0 saturated heterocycles. The lowest BCUT2D eigenvalue weighted by Crippen LogP contribution is -2.52. The van der Waals surface area contributed by atoms with Crippen molar-refractivity contribution in [2.45, 2.75) is 91.6 Å². The third kappa shape index (κ3) is 30.2. The summed E-state index contributed by atoms with van der Waals surface area (Å²) in [5.74, 6) is -8.37. The van der Waals surface area contributed by atoms with Gasteiger partial charge >= 0.3 is 29.8 Å². The van der Waals surface area contributed by atoms with Gasteiger partial charge in [-0.3, -0.25) is 43.2 Å². The monoisotopic (exact) mass is 636 g/mol. The minimum Gasteiger partial charge on any atom is -0.481 e. The minimum absolute atomic E-state index is 0.0705. The van der Waals surface area contributed by atoms with Crippen molar-refractivity contribution in [1.82, 2.24) is 21.3 Å². The molecule has 0 saturated carbocycles. The van der Waals surface area contributed by atoms with E-state index in [2.05, 4.69) is 16.0 Å². The third-order valence-electron chi connectivity index (χ3n) is 4.73. The molecule has 9 N–H and O–H groups in total. The van der Waals surface area contributed by atoms with Gasteiger partial charge in [-0.25, -0.2) is 0 Å². The number of amides is 4. The summed E-state index contributed by atoms with van der Waals surface area (Å²) in [6, 6.07) is -2.59. The second kappa shape index (κ2) is 23.8. The van der Waals surface area contributed by atoms with Crippen LogP contribution in [0.25, 0.3) is 0 Å². The van der Waals surface area contributed by atoms with E-state index in [1.165, 1.54) is 0 Å². The fraction of sp³-hybridized carbons (Fsp3) is 0.654. The molecule has 0 aliphatic rings. The van der Waals surface area contributed by atoms with Crippen LogP contribution in [-0.2, 0) is 43.2 Å². The molecule has 0 aromatic heterocycles. The molecular weight excluding hydrogens is 592 g/mol. The lowest BCUT2D eigenvalue weighted by molar-refractivity contribution is -0.140. The van der Waals surface area contributed by atoms with E-state index in [0.29, 0.717) is 0 Å². The molecule has 44 heavy (non-hydrogen) atoms. The summed E-state index contributed by atoms with van der Waals surface area (Å²) in [5.41, 5.74) is -0.385. The largest absolute Gasteiger partial charge is 0.481 e. The molecule has 0 spiro atoms. The van der Waals surface area contributed by atoms with Gasteiger partial charge in [0.15, 0.2) is 0 Å². The van der Waals surface area contributed by atoms with Crippen LogP contribution in [0.5, 0.6) is 0 Å². The minimum atomic E-state index is -1.37. The van der Waals surface area contributed by atoms with Crippen LogP contribution in [0.15, 0.2) is 0 Å². The quantitative estimate of drug-likeness (QED) is 0.0963. The Morgan fingerprint density at radius 1 is 0.545 bits per heavy atom. The van der Waals surface area contributed by atoms with Gasteiger partial charge in [0.25, 0.3) is 0 Å². The highest BCUT2D eigenvalue weighted by Crippen LogP contribution is 2.18. The molecule has 0 heterocycles. The fourth-order valence-corrected chi connectivity index (χ4v) is 2.62. The summed E-state index contributed by atoms with van der Waals surface area (Å²) in [6.45, 7) is 7.20. The molecule has 0 aromatic rings. The molecule has 0 aromatic carbocycles. The van der Waals surface area contributed by atoms with Crippen molar-refractivity contribution in [3.05, 3.63) is 0 Å². The van der Waals surface area contributed by atoms with Gasteiger partial charge in [0.1, 0.15) is 18.6 Å². The molecule has 0 aliphatic heterocycles. The molecular formula is C26H44N4O14. The molecule has 0 radical (unpaired) electrons. The molecule has 4 amide bonds. The van der Waals surface area contributed by atoms with Gasteiger partial charge in [0, 0.05) is 32.1 Å². The Kier molecular flexibility index (Phi) is 23.6. The van der Waals surface area contributed by atoms with Gasteiger partial charge < -0.3 is 46.8 Å². The Hall–Kier alpha value is -4.77. The van der Waals surface area contributed by atoms with Crippen molar-refractivity contribution in [2.24, 2.45) is 5.41 Å². The summed E-state index contributed by atoms with van der Waals surface area (Å²) in [6.07, 6.45) is -0.945. The predicted molar refractivity (Wildman–Crippen MR) is 151 cm³/mol. The van der Waals surface area contributed by atoms with E-state index in [9.17, 15) is 43.2 Å². The Bertz CT molecular complexity index is 993. The van der Waals surface area contributed by atoms with Crippen molar-refractivity contribution in [1.29, 1.82) is 0 Å². The molecule has 2 unspecified atom stereocenters. The highest BCUT2D eigenvalue weighted by Gasteiger charge is 2.26. The van der Waals surface area contributed by atoms with Crippen molar-refractivity contribution in [3.63, 3.8) is 0 Å². The second-order valence-corrected chi connectivity index (χ2v) is 10.2. The normalized spacial score (nSPS) is 11.4. The SMILES string of the molecule is CC(C)(C)CC(=O)NC(CCC(=O)O)C(=O)NCC(=O)NC(CCC(=O)O)C(=O)NCC(=O)O.CCC(=O)O.CCC(=O)O. The number of carboxylic acids is 5. The van der Waals surface area contributed by atoms with Crippen molar-refractivity contribution < 1.29 is 68.7 Å². The molecule has 18 heteroatoms. The highest BCUT2D eigenvalue weighted by atomic mass is 16.4. The van der Waals surface area contributed by atoms with Crippen LogP contribution < -0.4 is 21.3 Å². The number of hydrogen-bond acceptors (Lipinski definition) is 9. The van der Waals surface area contributed by atoms with Crippen molar-refractivity contribution in [3.8, 4) is 0 Å². The van der Waals surface area contributed by atoms with E-state index in [1.807, 2.05) is 5.32 Å². The van der Waals surface area contributed by atoms with Crippen LogP contribution in [0.3, 0.4) is 0 Å². The van der Waals surface area contributed by atoms with Crippen molar-refractivity contribution in [2.75, 3.05) is 13.1 Å². The number of nitrogens with one attached hydrogen (secondary N) is 4. The summed E-state index contributed by atoms with van der Waals surface area (Å²) in [5, 5.41) is 50.7. The van der Waals surface area contributed by atoms with Gasteiger partial charge in [-0.05, 0) is 18.3 Å². The Morgan fingerprint density at radius 3 is 1.18 bits per heavy atom. The number of rotatable bonds is 17. The second-order valence-electron chi connectivity index (χ2n) is 10.2. The molecule has 0 fully saturated rings. The lowest BCUT2D eigenvalue weighted by atomic mass is 9.91. The van der Waals surface area contributed by atoms with Crippen LogP contribution in [0.1, 0.15) is 79.6 Å². The molecule has 0 bridgehead atoms. The number of carboxylic acid groups (broad SMARTS) is 5. The zero-order valence-electron chi connectivity index (χ0n) is 25.4. The average molecular weight is 637 g/mol. The predicted octanol–water partition coefficient (Wildman–Crippen LogP) is -0.599. The lowest BCUT2D eigenvalue weighted by Gasteiger charge is -2.22. The Labute approximate surface area is 253 Å². The molecule has 0 rings (SSSR count). The first-order valence-corrected chi connectivity index (χ1v) is 13.4. The zero-order chi connectivity index (χ0) is 35.0. The summed E-state index contributed by atoms with van der Waals surface area (Å²) < 4.78 is 0. The highest BCUT2D eigenvalue weighted by molar-refractivity contribution is 5.93. The van der Waals surface area contributed by atoms with E-state index in [0.717, 1.165) is 0 Å². The van der Waals surface area contributed by atoms with Crippen molar-refractivity contribution >= 4 is 53.5 Å². The van der Waals surface area contributed by atoms with Crippen LogP contribution in [0, 0.1) is 5.41 Å². The summed E-state index contributed by atoms with van der Waals surface area (Å²) in [4.78, 5) is 99.8.